The zero-order valence-corrected chi connectivity index (χ0v) is 12.9. The van der Waals surface area contributed by atoms with Gasteiger partial charge in [0.1, 0.15) is 5.82 Å². The fourth-order valence-electron chi connectivity index (χ4n) is 2.02. The Morgan fingerprint density at radius 2 is 2.09 bits per heavy atom. The summed E-state index contributed by atoms with van der Waals surface area (Å²) in [5.41, 5.74) is 0.963. The molecule has 2 rings (SSSR count). The molecule has 1 aromatic heterocycles. The van der Waals surface area contributed by atoms with Gasteiger partial charge in [0.25, 0.3) is 0 Å². The van der Waals surface area contributed by atoms with Crippen LogP contribution >= 0.6 is 0 Å². The second kappa shape index (κ2) is 6.95. The third-order valence-corrected chi connectivity index (χ3v) is 5.04. The SMILES string of the molecule is Cc1cc(S(=O)(=O)N(CCO)Cc2cccnc2)ccc1F. The number of pyridine rings is 1. The highest BCUT2D eigenvalue weighted by Crippen LogP contribution is 2.20. The van der Waals surface area contributed by atoms with Crippen molar-refractivity contribution in [1.82, 2.24) is 9.29 Å². The topological polar surface area (TPSA) is 70.5 Å². The predicted molar refractivity (Wildman–Crippen MR) is 80.1 cm³/mol. The van der Waals surface area contributed by atoms with E-state index in [-0.39, 0.29) is 30.2 Å². The van der Waals surface area contributed by atoms with E-state index in [4.69, 9.17) is 5.11 Å². The molecule has 0 unspecified atom stereocenters. The molecule has 7 heteroatoms. The Hall–Kier alpha value is -1.83. The summed E-state index contributed by atoms with van der Waals surface area (Å²) in [5.74, 6) is -0.458. The maximum atomic E-state index is 13.3. The van der Waals surface area contributed by atoms with Crippen LogP contribution in [0.2, 0.25) is 0 Å². The van der Waals surface area contributed by atoms with Crippen molar-refractivity contribution in [1.29, 1.82) is 0 Å². The first kappa shape index (κ1) is 16.5. The molecule has 0 atom stereocenters. The van der Waals surface area contributed by atoms with Gasteiger partial charge in [0, 0.05) is 25.5 Å². The van der Waals surface area contributed by atoms with E-state index < -0.39 is 15.8 Å². The molecule has 0 aliphatic rings. The molecular weight excluding hydrogens is 307 g/mol. The van der Waals surface area contributed by atoms with Crippen LogP contribution in [0, 0.1) is 12.7 Å². The number of hydrogen-bond acceptors (Lipinski definition) is 4. The summed E-state index contributed by atoms with van der Waals surface area (Å²) < 4.78 is 39.8. The Kier molecular flexibility index (Phi) is 5.23. The molecule has 0 bridgehead atoms. The van der Waals surface area contributed by atoms with Crippen LogP contribution in [0.1, 0.15) is 11.1 Å². The van der Waals surface area contributed by atoms with Crippen molar-refractivity contribution in [2.75, 3.05) is 13.2 Å². The molecule has 0 aliphatic carbocycles. The van der Waals surface area contributed by atoms with Crippen molar-refractivity contribution in [2.45, 2.75) is 18.4 Å². The number of aliphatic hydroxyl groups excluding tert-OH is 1. The molecule has 1 heterocycles. The Labute approximate surface area is 129 Å². The van der Waals surface area contributed by atoms with Crippen molar-refractivity contribution in [3.05, 3.63) is 59.7 Å². The van der Waals surface area contributed by atoms with E-state index in [1.807, 2.05) is 0 Å². The van der Waals surface area contributed by atoms with Crippen LogP contribution in [0.4, 0.5) is 4.39 Å². The van der Waals surface area contributed by atoms with E-state index in [0.717, 1.165) is 10.4 Å². The minimum absolute atomic E-state index is 0.00346. The number of aryl methyl sites for hydroxylation is 1. The zero-order valence-electron chi connectivity index (χ0n) is 12.1. The zero-order chi connectivity index (χ0) is 16.2. The number of benzene rings is 1. The van der Waals surface area contributed by atoms with Crippen LogP contribution in [-0.4, -0.2) is 36.0 Å². The summed E-state index contributed by atoms with van der Waals surface area (Å²) in [6.45, 7) is 1.24. The van der Waals surface area contributed by atoms with Crippen LogP contribution in [-0.2, 0) is 16.6 Å². The van der Waals surface area contributed by atoms with E-state index in [1.165, 1.54) is 19.1 Å². The lowest BCUT2D eigenvalue weighted by atomic mass is 10.2. The number of sulfonamides is 1. The third kappa shape index (κ3) is 3.68. The Bertz CT molecular complexity index is 736. The maximum Gasteiger partial charge on any atom is 0.243 e. The molecule has 2 aromatic rings. The van der Waals surface area contributed by atoms with Crippen LogP contribution in [0.3, 0.4) is 0 Å². The number of nitrogens with zero attached hydrogens (tertiary/aromatic N) is 2. The Balaban J connectivity index is 2.35. The molecule has 0 aliphatic heterocycles. The summed E-state index contributed by atoms with van der Waals surface area (Å²) in [4.78, 5) is 3.95. The number of rotatable bonds is 6. The highest BCUT2D eigenvalue weighted by molar-refractivity contribution is 7.89. The minimum Gasteiger partial charge on any atom is -0.395 e. The van der Waals surface area contributed by atoms with Gasteiger partial charge in [-0.25, -0.2) is 12.8 Å². The molecule has 0 fully saturated rings. The van der Waals surface area contributed by atoms with Gasteiger partial charge >= 0.3 is 0 Å². The fraction of sp³-hybridized carbons (Fsp3) is 0.267. The van der Waals surface area contributed by atoms with Crippen LogP contribution in [0.5, 0.6) is 0 Å². The van der Waals surface area contributed by atoms with E-state index in [2.05, 4.69) is 4.98 Å². The standard InChI is InChI=1S/C15H17FN2O3S/c1-12-9-14(4-5-15(12)16)22(20,21)18(7-8-19)11-13-3-2-6-17-10-13/h2-6,9-10,19H,7-8,11H2,1H3. The van der Waals surface area contributed by atoms with Crippen molar-refractivity contribution < 1.29 is 17.9 Å². The normalized spacial score (nSPS) is 11.8. The van der Waals surface area contributed by atoms with Crippen molar-refractivity contribution >= 4 is 10.0 Å². The van der Waals surface area contributed by atoms with E-state index in [9.17, 15) is 12.8 Å². The lowest BCUT2D eigenvalue weighted by Gasteiger charge is -2.21. The summed E-state index contributed by atoms with van der Waals surface area (Å²) in [5, 5.41) is 9.14. The molecule has 1 aromatic carbocycles. The average molecular weight is 324 g/mol. The summed E-state index contributed by atoms with van der Waals surface area (Å²) in [6, 6.07) is 7.11. The molecular formula is C15H17FN2O3S. The highest BCUT2D eigenvalue weighted by Gasteiger charge is 2.24. The van der Waals surface area contributed by atoms with Gasteiger partial charge in [-0.3, -0.25) is 4.98 Å². The monoisotopic (exact) mass is 324 g/mol. The van der Waals surface area contributed by atoms with Crippen LogP contribution in [0.25, 0.3) is 0 Å². The molecule has 0 radical (unpaired) electrons. The highest BCUT2D eigenvalue weighted by atomic mass is 32.2. The van der Waals surface area contributed by atoms with Gasteiger partial charge in [-0.2, -0.15) is 4.31 Å². The minimum atomic E-state index is -3.82. The molecule has 0 saturated heterocycles. The van der Waals surface area contributed by atoms with Gasteiger partial charge in [-0.15, -0.1) is 0 Å². The van der Waals surface area contributed by atoms with Crippen LogP contribution < -0.4 is 0 Å². The van der Waals surface area contributed by atoms with Gasteiger partial charge < -0.3 is 5.11 Å². The number of aromatic nitrogens is 1. The Morgan fingerprint density at radius 3 is 2.68 bits per heavy atom. The molecule has 22 heavy (non-hydrogen) atoms. The largest absolute Gasteiger partial charge is 0.395 e. The average Bonchev–Trinajstić information content (AvgIpc) is 2.50. The first-order valence-electron chi connectivity index (χ1n) is 6.71. The van der Waals surface area contributed by atoms with Crippen molar-refractivity contribution in [2.24, 2.45) is 0 Å². The first-order valence-corrected chi connectivity index (χ1v) is 8.15. The van der Waals surface area contributed by atoms with Crippen LogP contribution in [0.15, 0.2) is 47.6 Å². The van der Waals surface area contributed by atoms with Gasteiger partial charge in [0.2, 0.25) is 10.0 Å². The van der Waals surface area contributed by atoms with E-state index in [1.54, 1.807) is 24.5 Å². The van der Waals surface area contributed by atoms with Gasteiger partial charge in [0.15, 0.2) is 0 Å². The number of hydrogen-bond donors (Lipinski definition) is 1. The smallest absolute Gasteiger partial charge is 0.243 e. The second-order valence-corrected chi connectivity index (χ2v) is 6.77. The number of aliphatic hydroxyl groups is 1. The summed E-state index contributed by atoms with van der Waals surface area (Å²) >= 11 is 0. The van der Waals surface area contributed by atoms with Gasteiger partial charge in [-0.05, 0) is 42.3 Å². The predicted octanol–water partition coefficient (Wildman–Crippen LogP) is 1.71. The fourth-order valence-corrected chi connectivity index (χ4v) is 3.52. The molecule has 5 nitrogen and oxygen atoms in total. The van der Waals surface area contributed by atoms with Gasteiger partial charge in [-0.1, -0.05) is 6.07 Å². The Morgan fingerprint density at radius 1 is 1.32 bits per heavy atom. The lowest BCUT2D eigenvalue weighted by Crippen LogP contribution is -2.33. The molecule has 0 spiro atoms. The number of halogens is 1. The quantitative estimate of drug-likeness (QED) is 0.878. The van der Waals surface area contributed by atoms with Gasteiger partial charge in [0.05, 0.1) is 11.5 Å². The van der Waals surface area contributed by atoms with Crippen molar-refractivity contribution in [3.63, 3.8) is 0 Å². The third-order valence-electron chi connectivity index (χ3n) is 3.20. The maximum absolute atomic E-state index is 13.3. The van der Waals surface area contributed by atoms with Crippen molar-refractivity contribution in [3.8, 4) is 0 Å². The molecule has 118 valence electrons. The van der Waals surface area contributed by atoms with E-state index >= 15 is 0 Å². The molecule has 0 saturated carbocycles. The first-order chi connectivity index (χ1) is 10.4. The summed E-state index contributed by atoms with van der Waals surface area (Å²) in [7, 11) is -3.82. The van der Waals surface area contributed by atoms with E-state index in [0.29, 0.717) is 5.56 Å². The molecule has 0 amide bonds. The molecule has 1 N–H and O–H groups in total. The second-order valence-electron chi connectivity index (χ2n) is 4.83. The lowest BCUT2D eigenvalue weighted by molar-refractivity contribution is 0.251. The summed E-state index contributed by atoms with van der Waals surface area (Å²) in [6.07, 6.45) is 3.16.